The standard InChI is InChI=1S/C24H36N2O3/c1-19(2)25-15-9-22(10-16-25)29-21-7-5-20(6-8-21)24(11-17-28-18-12-24)23(27)26-13-3-4-14-26/h5-8,19,22H,3-4,9-18H2,1-2H3. The molecule has 3 saturated heterocycles. The van der Waals surface area contributed by atoms with Gasteiger partial charge in [-0.3, -0.25) is 4.79 Å². The molecule has 3 aliphatic heterocycles. The average molecular weight is 401 g/mol. The fraction of sp³-hybridized carbons (Fsp3) is 0.708. The third kappa shape index (κ3) is 4.46. The van der Waals surface area contributed by atoms with Crippen molar-refractivity contribution in [3.8, 4) is 5.75 Å². The Kier molecular flexibility index (Phi) is 6.45. The fourth-order valence-electron chi connectivity index (χ4n) is 5.12. The molecule has 5 nitrogen and oxygen atoms in total. The van der Waals surface area contributed by atoms with E-state index in [1.54, 1.807) is 0 Å². The second kappa shape index (κ2) is 9.05. The maximum absolute atomic E-state index is 13.4. The molecule has 29 heavy (non-hydrogen) atoms. The molecule has 0 aromatic heterocycles. The second-order valence-corrected chi connectivity index (χ2v) is 9.17. The Balaban J connectivity index is 1.44. The predicted molar refractivity (Wildman–Crippen MR) is 114 cm³/mol. The normalized spacial score (nSPS) is 23.5. The van der Waals surface area contributed by atoms with Gasteiger partial charge in [0.05, 0.1) is 5.41 Å². The molecule has 0 bridgehead atoms. The molecule has 1 amide bonds. The van der Waals surface area contributed by atoms with Gasteiger partial charge in [-0.2, -0.15) is 0 Å². The first-order chi connectivity index (χ1) is 14.1. The highest BCUT2D eigenvalue weighted by Crippen LogP contribution is 2.38. The van der Waals surface area contributed by atoms with Gasteiger partial charge in [-0.15, -0.1) is 0 Å². The van der Waals surface area contributed by atoms with Crippen LogP contribution in [0.25, 0.3) is 0 Å². The maximum atomic E-state index is 13.4. The van der Waals surface area contributed by atoms with E-state index in [2.05, 4.69) is 47.9 Å². The van der Waals surface area contributed by atoms with Crippen molar-refractivity contribution in [3.05, 3.63) is 29.8 Å². The van der Waals surface area contributed by atoms with Crippen molar-refractivity contribution in [2.24, 2.45) is 0 Å². The van der Waals surface area contributed by atoms with Crippen LogP contribution < -0.4 is 4.74 Å². The van der Waals surface area contributed by atoms with Crippen LogP contribution in [0, 0.1) is 0 Å². The summed E-state index contributed by atoms with van der Waals surface area (Å²) in [7, 11) is 0. The van der Waals surface area contributed by atoms with Crippen molar-refractivity contribution >= 4 is 5.91 Å². The Morgan fingerprint density at radius 1 is 1.03 bits per heavy atom. The third-order valence-electron chi connectivity index (χ3n) is 7.07. The highest BCUT2D eigenvalue weighted by molar-refractivity contribution is 5.88. The summed E-state index contributed by atoms with van der Waals surface area (Å²) in [5.41, 5.74) is 0.698. The lowest BCUT2D eigenvalue weighted by atomic mass is 9.73. The Morgan fingerprint density at radius 3 is 2.24 bits per heavy atom. The number of rotatable bonds is 5. The van der Waals surface area contributed by atoms with Crippen molar-refractivity contribution in [2.75, 3.05) is 39.4 Å². The first-order valence-corrected chi connectivity index (χ1v) is 11.5. The summed E-state index contributed by atoms with van der Waals surface area (Å²) < 4.78 is 11.9. The second-order valence-electron chi connectivity index (χ2n) is 9.17. The van der Waals surface area contributed by atoms with E-state index in [9.17, 15) is 4.79 Å². The zero-order valence-electron chi connectivity index (χ0n) is 18.1. The molecule has 4 rings (SSSR count). The molecule has 0 aliphatic carbocycles. The number of amides is 1. The van der Waals surface area contributed by atoms with Gasteiger partial charge < -0.3 is 19.3 Å². The van der Waals surface area contributed by atoms with Crippen LogP contribution in [0.15, 0.2) is 24.3 Å². The predicted octanol–water partition coefficient (Wildman–Crippen LogP) is 3.61. The van der Waals surface area contributed by atoms with Crippen molar-refractivity contribution in [3.63, 3.8) is 0 Å². The molecule has 1 aromatic rings. The molecular formula is C24H36N2O3. The zero-order valence-corrected chi connectivity index (χ0v) is 18.1. The number of nitrogens with zero attached hydrogens (tertiary/aromatic N) is 2. The third-order valence-corrected chi connectivity index (χ3v) is 7.07. The van der Waals surface area contributed by atoms with Crippen LogP contribution in [0.5, 0.6) is 5.75 Å². The number of likely N-dealkylation sites (tertiary alicyclic amines) is 2. The molecule has 1 aromatic carbocycles. The molecule has 0 radical (unpaired) electrons. The minimum Gasteiger partial charge on any atom is -0.490 e. The molecular weight excluding hydrogens is 364 g/mol. The average Bonchev–Trinajstić information content (AvgIpc) is 3.29. The van der Waals surface area contributed by atoms with Crippen LogP contribution in [0.1, 0.15) is 57.9 Å². The van der Waals surface area contributed by atoms with Gasteiger partial charge in [0.25, 0.3) is 0 Å². The summed E-state index contributed by atoms with van der Waals surface area (Å²) in [6.45, 7) is 9.85. The zero-order chi connectivity index (χ0) is 20.3. The summed E-state index contributed by atoms with van der Waals surface area (Å²) >= 11 is 0. The molecule has 3 heterocycles. The number of hydrogen-bond donors (Lipinski definition) is 0. The fourth-order valence-corrected chi connectivity index (χ4v) is 5.12. The van der Waals surface area contributed by atoms with Crippen LogP contribution in [0.2, 0.25) is 0 Å². The molecule has 5 heteroatoms. The SMILES string of the molecule is CC(C)N1CCC(Oc2ccc(C3(C(=O)N4CCCC4)CCOCC3)cc2)CC1. The van der Waals surface area contributed by atoms with Gasteiger partial charge >= 0.3 is 0 Å². The van der Waals surface area contributed by atoms with Crippen molar-refractivity contribution in [1.82, 2.24) is 9.80 Å². The monoisotopic (exact) mass is 400 g/mol. The minimum atomic E-state index is -0.427. The molecule has 0 saturated carbocycles. The van der Waals surface area contributed by atoms with E-state index < -0.39 is 5.41 Å². The molecule has 0 spiro atoms. The van der Waals surface area contributed by atoms with E-state index in [-0.39, 0.29) is 0 Å². The van der Waals surface area contributed by atoms with E-state index >= 15 is 0 Å². The number of carbonyl (C=O) groups excluding carboxylic acids is 1. The molecule has 0 N–H and O–H groups in total. The van der Waals surface area contributed by atoms with Crippen LogP contribution in [-0.2, 0) is 14.9 Å². The van der Waals surface area contributed by atoms with Crippen molar-refractivity contribution < 1.29 is 14.3 Å². The van der Waals surface area contributed by atoms with Gasteiger partial charge in [0, 0.05) is 45.4 Å². The first kappa shape index (κ1) is 20.7. The summed E-state index contributed by atoms with van der Waals surface area (Å²) in [5, 5.41) is 0. The van der Waals surface area contributed by atoms with Crippen LogP contribution >= 0.6 is 0 Å². The number of hydrogen-bond acceptors (Lipinski definition) is 4. The topological polar surface area (TPSA) is 42.0 Å². The van der Waals surface area contributed by atoms with E-state index in [1.165, 1.54) is 0 Å². The summed E-state index contributed by atoms with van der Waals surface area (Å²) in [4.78, 5) is 18.0. The van der Waals surface area contributed by atoms with Crippen LogP contribution in [0.4, 0.5) is 0 Å². The number of carbonyl (C=O) groups is 1. The molecule has 0 atom stereocenters. The first-order valence-electron chi connectivity index (χ1n) is 11.5. The van der Waals surface area contributed by atoms with Gasteiger partial charge in [0.2, 0.25) is 5.91 Å². The Hall–Kier alpha value is -1.59. The maximum Gasteiger partial charge on any atom is 0.233 e. The van der Waals surface area contributed by atoms with E-state index in [1.807, 2.05) is 0 Å². The summed E-state index contributed by atoms with van der Waals surface area (Å²) in [5.74, 6) is 1.22. The van der Waals surface area contributed by atoms with E-state index in [0.29, 0.717) is 31.3 Å². The van der Waals surface area contributed by atoms with Gasteiger partial charge in [-0.1, -0.05) is 12.1 Å². The summed E-state index contributed by atoms with van der Waals surface area (Å²) in [6.07, 6.45) is 6.25. The van der Waals surface area contributed by atoms with Gasteiger partial charge in [-0.25, -0.2) is 0 Å². The Labute approximate surface area is 175 Å². The highest BCUT2D eigenvalue weighted by atomic mass is 16.5. The lowest BCUT2D eigenvalue weighted by Gasteiger charge is -2.39. The minimum absolute atomic E-state index is 0.291. The van der Waals surface area contributed by atoms with Crippen molar-refractivity contribution in [2.45, 2.75) is 69.9 Å². The van der Waals surface area contributed by atoms with Gasteiger partial charge in [-0.05, 0) is 70.1 Å². The Morgan fingerprint density at radius 2 is 1.66 bits per heavy atom. The molecule has 160 valence electrons. The van der Waals surface area contributed by atoms with Crippen molar-refractivity contribution in [1.29, 1.82) is 0 Å². The molecule has 3 fully saturated rings. The van der Waals surface area contributed by atoms with E-state index in [0.717, 1.165) is 76.0 Å². The smallest absolute Gasteiger partial charge is 0.233 e. The van der Waals surface area contributed by atoms with Gasteiger partial charge in [0.1, 0.15) is 11.9 Å². The largest absolute Gasteiger partial charge is 0.490 e. The molecule has 0 unspecified atom stereocenters. The van der Waals surface area contributed by atoms with Crippen LogP contribution in [-0.4, -0.2) is 67.2 Å². The van der Waals surface area contributed by atoms with Gasteiger partial charge in [0.15, 0.2) is 0 Å². The number of piperidine rings is 1. The number of ether oxygens (including phenoxy) is 2. The lowest BCUT2D eigenvalue weighted by Crippen LogP contribution is -2.49. The molecule has 3 aliphatic rings. The van der Waals surface area contributed by atoms with Crippen LogP contribution in [0.3, 0.4) is 0 Å². The summed E-state index contributed by atoms with van der Waals surface area (Å²) in [6, 6.07) is 8.99. The number of benzene rings is 1. The Bertz CT molecular complexity index is 668. The quantitative estimate of drug-likeness (QED) is 0.757. The highest BCUT2D eigenvalue weighted by Gasteiger charge is 2.44. The lowest BCUT2D eigenvalue weighted by molar-refractivity contribution is -0.140. The van der Waals surface area contributed by atoms with E-state index in [4.69, 9.17) is 9.47 Å².